The Morgan fingerprint density at radius 3 is 2.75 bits per heavy atom. The molecule has 9 heteroatoms. The normalized spacial score (nSPS) is 15.5. The van der Waals surface area contributed by atoms with Gasteiger partial charge in [0.2, 0.25) is 0 Å². The lowest BCUT2D eigenvalue weighted by Crippen LogP contribution is -2.31. The van der Waals surface area contributed by atoms with Crippen molar-refractivity contribution in [2.24, 2.45) is 0 Å². The molecule has 1 aliphatic heterocycles. The fourth-order valence-corrected chi connectivity index (χ4v) is 3.24. The summed E-state index contributed by atoms with van der Waals surface area (Å²) in [6, 6.07) is 4.74. The molecule has 0 aliphatic carbocycles. The minimum atomic E-state index is -0.607. The van der Waals surface area contributed by atoms with Gasteiger partial charge in [-0.3, -0.25) is 19.9 Å². The van der Waals surface area contributed by atoms with E-state index in [1.807, 2.05) is 6.92 Å². The third kappa shape index (κ3) is 2.04. The SMILES string of the molecule is Cc1[nH]nc2c1C(c1ccc(O)c(Cl)c1)c1c([nH]c(=O)[nH]c1=O)N2. The highest BCUT2D eigenvalue weighted by atomic mass is 35.5. The van der Waals surface area contributed by atoms with Gasteiger partial charge in [0.15, 0.2) is 5.82 Å². The Hall–Kier alpha value is -3.00. The van der Waals surface area contributed by atoms with Gasteiger partial charge in [0.05, 0.1) is 10.6 Å². The number of hydrogen-bond donors (Lipinski definition) is 5. The summed E-state index contributed by atoms with van der Waals surface area (Å²) in [7, 11) is 0. The fraction of sp³-hybridized carbons (Fsp3) is 0.133. The summed E-state index contributed by atoms with van der Waals surface area (Å²) in [6.07, 6.45) is 0. The van der Waals surface area contributed by atoms with Crippen LogP contribution >= 0.6 is 11.6 Å². The Morgan fingerprint density at radius 1 is 1.21 bits per heavy atom. The third-order valence-corrected chi connectivity index (χ3v) is 4.40. The van der Waals surface area contributed by atoms with Crippen LogP contribution in [0, 0.1) is 6.92 Å². The summed E-state index contributed by atoms with van der Waals surface area (Å²) in [6.45, 7) is 1.84. The van der Waals surface area contributed by atoms with E-state index < -0.39 is 17.2 Å². The molecule has 2 aromatic heterocycles. The molecule has 5 N–H and O–H groups in total. The fourth-order valence-electron chi connectivity index (χ4n) is 3.06. The number of nitrogens with one attached hydrogen (secondary N) is 4. The quantitative estimate of drug-likeness (QED) is 0.359. The van der Waals surface area contributed by atoms with Crippen molar-refractivity contribution in [2.75, 3.05) is 5.32 Å². The summed E-state index contributed by atoms with van der Waals surface area (Å²) in [5, 5.41) is 19.9. The zero-order valence-electron chi connectivity index (χ0n) is 12.4. The van der Waals surface area contributed by atoms with E-state index >= 15 is 0 Å². The molecular formula is C15H12ClN5O3. The monoisotopic (exact) mass is 345 g/mol. The number of rotatable bonds is 1. The maximum Gasteiger partial charge on any atom is 0.327 e. The Kier molecular flexibility index (Phi) is 3.04. The molecule has 1 atom stereocenters. The van der Waals surface area contributed by atoms with Crippen molar-refractivity contribution in [1.29, 1.82) is 0 Å². The van der Waals surface area contributed by atoms with E-state index in [4.69, 9.17) is 11.6 Å². The van der Waals surface area contributed by atoms with E-state index in [0.29, 0.717) is 16.9 Å². The summed E-state index contributed by atoms with van der Waals surface area (Å²) in [4.78, 5) is 28.9. The zero-order valence-corrected chi connectivity index (χ0v) is 13.2. The predicted molar refractivity (Wildman–Crippen MR) is 88.4 cm³/mol. The van der Waals surface area contributed by atoms with Gasteiger partial charge in [0.25, 0.3) is 5.56 Å². The first-order valence-electron chi connectivity index (χ1n) is 7.12. The number of benzene rings is 1. The third-order valence-electron chi connectivity index (χ3n) is 4.10. The molecule has 3 heterocycles. The van der Waals surface area contributed by atoms with Crippen LogP contribution in [0.25, 0.3) is 0 Å². The van der Waals surface area contributed by atoms with Crippen LogP contribution in [0.3, 0.4) is 0 Å². The van der Waals surface area contributed by atoms with Gasteiger partial charge in [-0.25, -0.2) is 4.79 Å². The number of aromatic nitrogens is 4. The average Bonchev–Trinajstić information content (AvgIpc) is 2.89. The van der Waals surface area contributed by atoms with Gasteiger partial charge in [0.1, 0.15) is 11.6 Å². The molecule has 1 aromatic carbocycles. The number of halogens is 1. The molecule has 0 fully saturated rings. The largest absolute Gasteiger partial charge is 0.506 e. The highest BCUT2D eigenvalue weighted by Crippen LogP contribution is 2.43. The minimum Gasteiger partial charge on any atom is -0.506 e. The molecule has 0 saturated carbocycles. The van der Waals surface area contributed by atoms with Crippen molar-refractivity contribution < 1.29 is 5.11 Å². The first-order valence-corrected chi connectivity index (χ1v) is 7.50. The smallest absolute Gasteiger partial charge is 0.327 e. The number of fused-ring (bicyclic) bond motifs is 2. The second-order valence-corrected chi connectivity index (χ2v) is 5.98. The van der Waals surface area contributed by atoms with Gasteiger partial charge >= 0.3 is 5.69 Å². The van der Waals surface area contributed by atoms with Gasteiger partial charge < -0.3 is 10.4 Å². The standard InChI is InChI=1S/C15H12ClN5O3/c1-5-9-10(6-2-3-8(22)7(16)4-6)11-12(17-13(9)21-20-5)18-15(24)19-14(11)23/h2-4,10,22H,1H3,(H4,17,18,19,20,21,23,24). The molecule has 0 saturated heterocycles. The van der Waals surface area contributed by atoms with Crippen molar-refractivity contribution in [3.8, 4) is 5.75 Å². The van der Waals surface area contributed by atoms with Crippen LogP contribution in [0.2, 0.25) is 5.02 Å². The van der Waals surface area contributed by atoms with E-state index in [1.165, 1.54) is 6.07 Å². The van der Waals surface area contributed by atoms with E-state index in [9.17, 15) is 14.7 Å². The number of aromatic hydroxyl groups is 1. The number of hydrogen-bond acceptors (Lipinski definition) is 5. The van der Waals surface area contributed by atoms with Crippen LogP contribution in [0.5, 0.6) is 5.75 Å². The van der Waals surface area contributed by atoms with Crippen LogP contribution in [0.1, 0.15) is 28.3 Å². The number of phenolic OH excluding ortho intramolecular Hbond substituents is 1. The predicted octanol–water partition coefficient (Wildman–Crippen LogP) is 1.69. The maximum absolute atomic E-state index is 12.4. The molecule has 3 aromatic rings. The van der Waals surface area contributed by atoms with Crippen LogP contribution in [0.4, 0.5) is 11.6 Å². The second-order valence-electron chi connectivity index (χ2n) is 5.58. The van der Waals surface area contributed by atoms with E-state index in [-0.39, 0.29) is 16.6 Å². The number of aromatic amines is 3. The molecule has 0 spiro atoms. The Balaban J connectivity index is 2.05. The summed E-state index contributed by atoms with van der Waals surface area (Å²) in [5.74, 6) is 0.273. The lowest BCUT2D eigenvalue weighted by atomic mass is 9.83. The summed E-state index contributed by atoms with van der Waals surface area (Å²) < 4.78 is 0. The second kappa shape index (κ2) is 5.00. The summed E-state index contributed by atoms with van der Waals surface area (Å²) in [5.41, 5.74) is 1.51. The number of anilines is 2. The lowest BCUT2D eigenvalue weighted by molar-refractivity contribution is 0.475. The van der Waals surface area contributed by atoms with Crippen LogP contribution in [-0.2, 0) is 0 Å². The maximum atomic E-state index is 12.4. The first kappa shape index (κ1) is 14.6. The van der Waals surface area contributed by atoms with Gasteiger partial charge in [-0.1, -0.05) is 17.7 Å². The van der Waals surface area contributed by atoms with E-state index in [1.54, 1.807) is 12.1 Å². The molecule has 0 amide bonds. The number of nitrogens with zero attached hydrogens (tertiary/aromatic N) is 1. The Bertz CT molecular complexity index is 1080. The van der Waals surface area contributed by atoms with Crippen molar-refractivity contribution in [2.45, 2.75) is 12.8 Å². The van der Waals surface area contributed by atoms with Crippen molar-refractivity contribution in [1.82, 2.24) is 20.2 Å². The molecule has 1 aliphatic rings. The number of H-pyrrole nitrogens is 3. The topological polar surface area (TPSA) is 127 Å². The van der Waals surface area contributed by atoms with Gasteiger partial charge in [0, 0.05) is 17.2 Å². The molecule has 0 bridgehead atoms. The molecule has 122 valence electrons. The van der Waals surface area contributed by atoms with Crippen LogP contribution in [-0.4, -0.2) is 25.3 Å². The van der Waals surface area contributed by atoms with Crippen molar-refractivity contribution in [3.63, 3.8) is 0 Å². The minimum absolute atomic E-state index is 0.0471. The van der Waals surface area contributed by atoms with Gasteiger partial charge in [-0.15, -0.1) is 0 Å². The Morgan fingerprint density at radius 2 is 2.00 bits per heavy atom. The first-order chi connectivity index (χ1) is 11.5. The average molecular weight is 346 g/mol. The lowest BCUT2D eigenvalue weighted by Gasteiger charge is -2.25. The number of phenols is 1. The van der Waals surface area contributed by atoms with Crippen molar-refractivity contribution in [3.05, 3.63) is 66.4 Å². The molecule has 1 unspecified atom stereocenters. The van der Waals surface area contributed by atoms with Crippen LogP contribution in [0.15, 0.2) is 27.8 Å². The van der Waals surface area contributed by atoms with Gasteiger partial charge in [-0.05, 0) is 24.6 Å². The molecule has 8 nitrogen and oxygen atoms in total. The zero-order chi connectivity index (χ0) is 17.0. The molecule has 4 rings (SSSR count). The van der Waals surface area contributed by atoms with Crippen molar-refractivity contribution >= 4 is 23.2 Å². The summed E-state index contributed by atoms with van der Waals surface area (Å²) >= 11 is 6.03. The molecule has 24 heavy (non-hydrogen) atoms. The number of aryl methyl sites for hydroxylation is 1. The highest BCUT2D eigenvalue weighted by molar-refractivity contribution is 6.32. The molecule has 0 radical (unpaired) electrons. The highest BCUT2D eigenvalue weighted by Gasteiger charge is 2.34. The van der Waals surface area contributed by atoms with Crippen LogP contribution < -0.4 is 16.6 Å². The van der Waals surface area contributed by atoms with E-state index in [0.717, 1.165) is 11.3 Å². The molecular weight excluding hydrogens is 334 g/mol. The Labute approximate surface area is 139 Å². The van der Waals surface area contributed by atoms with E-state index in [2.05, 4.69) is 25.5 Å². The van der Waals surface area contributed by atoms with Gasteiger partial charge in [-0.2, -0.15) is 5.10 Å².